The number of hydrogen-bond acceptors (Lipinski definition) is 5. The number of ether oxygens (including phenoxy) is 1. The zero-order chi connectivity index (χ0) is 19.8. The van der Waals surface area contributed by atoms with E-state index >= 15 is 0 Å². The Morgan fingerprint density at radius 2 is 1.87 bits per heavy atom. The summed E-state index contributed by atoms with van der Waals surface area (Å²) < 4.78 is 7.62. The van der Waals surface area contributed by atoms with Crippen LogP contribution in [-0.2, 0) is 4.74 Å². The van der Waals surface area contributed by atoms with Crippen molar-refractivity contribution in [3.63, 3.8) is 0 Å². The quantitative estimate of drug-likeness (QED) is 0.621. The lowest BCUT2D eigenvalue weighted by molar-refractivity contribution is 0.0125. The van der Waals surface area contributed by atoms with Crippen molar-refractivity contribution in [1.29, 1.82) is 0 Å². The van der Waals surface area contributed by atoms with Crippen LogP contribution in [0.25, 0.3) is 16.9 Å². The van der Waals surface area contributed by atoms with Crippen LogP contribution in [0.3, 0.4) is 0 Å². The predicted molar refractivity (Wildman–Crippen MR) is 124 cm³/mol. The molecule has 0 unspecified atom stereocenters. The Morgan fingerprint density at radius 1 is 1.13 bits per heavy atom. The van der Waals surface area contributed by atoms with Gasteiger partial charge >= 0.3 is 0 Å². The third kappa shape index (κ3) is 4.55. The number of methoxy groups -OCH3 is 1. The van der Waals surface area contributed by atoms with E-state index < -0.39 is 0 Å². The number of carbonyl (C=O) groups is 1. The average molecular weight is 464 g/mol. The third-order valence-corrected chi connectivity index (χ3v) is 6.32. The fraction of sp³-hybridized carbons (Fsp3) is 0.409. The monoisotopic (exact) mass is 463 g/mol. The molecule has 31 heavy (non-hydrogen) atoms. The van der Waals surface area contributed by atoms with E-state index in [0.29, 0.717) is 22.9 Å². The number of aromatic nitrogens is 3. The van der Waals surface area contributed by atoms with Gasteiger partial charge in [0, 0.05) is 19.0 Å². The van der Waals surface area contributed by atoms with E-state index in [4.69, 9.17) is 4.74 Å². The van der Waals surface area contributed by atoms with E-state index in [1.54, 1.807) is 19.6 Å². The third-order valence-electron chi connectivity index (χ3n) is 6.32. The summed E-state index contributed by atoms with van der Waals surface area (Å²) >= 11 is 0. The summed E-state index contributed by atoms with van der Waals surface area (Å²) in [6.45, 7) is 2.08. The number of imidazole rings is 1. The van der Waals surface area contributed by atoms with Crippen molar-refractivity contribution in [1.82, 2.24) is 25.2 Å². The fourth-order valence-corrected chi connectivity index (χ4v) is 4.75. The van der Waals surface area contributed by atoms with E-state index in [2.05, 4.69) is 20.6 Å². The van der Waals surface area contributed by atoms with E-state index in [9.17, 15) is 4.79 Å². The molecule has 2 N–H and O–H groups in total. The average Bonchev–Trinajstić information content (AvgIpc) is 3.39. The lowest BCUT2D eigenvalue weighted by Gasteiger charge is -2.37. The second-order valence-electron chi connectivity index (χ2n) is 8.02. The molecule has 1 amide bonds. The van der Waals surface area contributed by atoms with Crippen molar-refractivity contribution in [2.45, 2.75) is 25.0 Å². The summed E-state index contributed by atoms with van der Waals surface area (Å²) in [4.78, 5) is 21.9. The fourth-order valence-electron chi connectivity index (χ4n) is 4.75. The molecule has 2 fully saturated rings. The summed E-state index contributed by atoms with van der Waals surface area (Å²) in [7, 11) is 1.73. The molecule has 2 aromatic heterocycles. The number of benzene rings is 1. The van der Waals surface area contributed by atoms with E-state index in [0.717, 1.165) is 37.3 Å². The van der Waals surface area contributed by atoms with Crippen LogP contribution in [0, 0.1) is 11.8 Å². The van der Waals surface area contributed by atoms with Gasteiger partial charge in [-0.2, -0.15) is 0 Å². The van der Waals surface area contributed by atoms with Gasteiger partial charge in [-0.05, 0) is 56.0 Å². The standard InChI is InChI=1S/C22H25N5O2.2ClH/c1-29-20-9-15-11-23-10-14(15)7-18(20)26-22(28)16-8-19-21(24-12-16)27(13-25-19)17-5-3-2-4-6-17;;/h2-6,8,12-15,18,20,23H,7,9-11H2,1H3,(H,26,28);2*1H/t14-,15+,18-,20-;;/m0../s1. The second kappa shape index (κ2) is 9.96. The van der Waals surface area contributed by atoms with Gasteiger partial charge < -0.3 is 15.4 Å². The minimum atomic E-state index is -0.120. The second-order valence-corrected chi connectivity index (χ2v) is 8.02. The number of carbonyl (C=O) groups excluding carboxylic acids is 1. The minimum absolute atomic E-state index is 0. The lowest BCUT2D eigenvalue weighted by atomic mass is 9.77. The van der Waals surface area contributed by atoms with Crippen LogP contribution >= 0.6 is 24.8 Å². The molecule has 1 saturated heterocycles. The number of para-hydroxylation sites is 1. The lowest BCUT2D eigenvalue weighted by Crippen LogP contribution is -2.50. The SMILES string of the molecule is CO[C@H]1C[C@@H]2CNC[C@@H]2C[C@@H]1NC(=O)c1cnc2c(c1)ncn2-c1ccccc1.Cl.Cl. The topological polar surface area (TPSA) is 81.1 Å². The molecule has 7 nitrogen and oxygen atoms in total. The molecule has 4 atom stereocenters. The van der Waals surface area contributed by atoms with Crippen molar-refractivity contribution in [3.8, 4) is 5.69 Å². The minimum Gasteiger partial charge on any atom is -0.379 e. The molecule has 1 aliphatic heterocycles. The maximum atomic E-state index is 12.9. The molecule has 0 bridgehead atoms. The van der Waals surface area contributed by atoms with Gasteiger partial charge in [-0.1, -0.05) is 18.2 Å². The molecular weight excluding hydrogens is 437 g/mol. The molecule has 3 aromatic rings. The van der Waals surface area contributed by atoms with Gasteiger partial charge in [0.2, 0.25) is 0 Å². The van der Waals surface area contributed by atoms with E-state index in [1.807, 2.05) is 41.0 Å². The Bertz CT molecular complexity index is 1030. The summed E-state index contributed by atoms with van der Waals surface area (Å²) in [5.41, 5.74) is 2.95. The zero-order valence-corrected chi connectivity index (χ0v) is 18.9. The highest BCUT2D eigenvalue weighted by molar-refractivity contribution is 5.96. The van der Waals surface area contributed by atoms with Crippen LogP contribution < -0.4 is 10.6 Å². The van der Waals surface area contributed by atoms with Crippen molar-refractivity contribution in [2.75, 3.05) is 20.2 Å². The van der Waals surface area contributed by atoms with Gasteiger partial charge in [-0.25, -0.2) is 9.97 Å². The van der Waals surface area contributed by atoms with Gasteiger partial charge in [0.1, 0.15) is 11.8 Å². The maximum Gasteiger partial charge on any atom is 0.253 e. The number of halogens is 2. The van der Waals surface area contributed by atoms with Crippen LogP contribution in [0.5, 0.6) is 0 Å². The van der Waals surface area contributed by atoms with E-state index in [1.165, 1.54) is 0 Å². The predicted octanol–water partition coefficient (Wildman–Crippen LogP) is 3.01. The van der Waals surface area contributed by atoms with Crippen LogP contribution in [-0.4, -0.2) is 52.8 Å². The number of fused-ring (bicyclic) bond motifs is 2. The molecule has 1 aromatic carbocycles. The van der Waals surface area contributed by atoms with E-state index in [-0.39, 0.29) is 42.9 Å². The number of nitrogens with one attached hydrogen (secondary N) is 2. The van der Waals surface area contributed by atoms with Crippen molar-refractivity contribution in [3.05, 3.63) is 54.5 Å². The molecule has 5 rings (SSSR count). The van der Waals surface area contributed by atoms with Gasteiger partial charge in [0.15, 0.2) is 5.65 Å². The van der Waals surface area contributed by atoms with Crippen molar-refractivity contribution >= 4 is 41.9 Å². The molecule has 0 spiro atoms. The molecular formula is C22H27Cl2N5O2. The molecule has 0 radical (unpaired) electrons. The molecule has 1 saturated carbocycles. The zero-order valence-electron chi connectivity index (χ0n) is 17.2. The molecule has 166 valence electrons. The van der Waals surface area contributed by atoms with Crippen LogP contribution in [0.2, 0.25) is 0 Å². The molecule has 2 aliphatic rings. The Kier molecular flexibility index (Phi) is 7.54. The Labute approximate surface area is 193 Å². The van der Waals surface area contributed by atoms with Gasteiger partial charge in [0.25, 0.3) is 5.91 Å². The largest absolute Gasteiger partial charge is 0.379 e. The van der Waals surface area contributed by atoms with Crippen molar-refractivity contribution in [2.24, 2.45) is 11.8 Å². The normalized spacial score (nSPS) is 24.7. The smallest absolute Gasteiger partial charge is 0.253 e. The Morgan fingerprint density at radius 3 is 2.61 bits per heavy atom. The number of nitrogens with zero attached hydrogens (tertiary/aromatic N) is 3. The number of amides is 1. The highest BCUT2D eigenvalue weighted by Gasteiger charge is 2.40. The number of rotatable bonds is 4. The summed E-state index contributed by atoms with van der Waals surface area (Å²) in [6, 6.07) is 11.8. The van der Waals surface area contributed by atoms with Gasteiger partial charge in [0.05, 0.1) is 17.7 Å². The van der Waals surface area contributed by atoms with Crippen LogP contribution in [0.1, 0.15) is 23.2 Å². The number of hydrogen-bond donors (Lipinski definition) is 2. The molecule has 3 heterocycles. The first-order valence-electron chi connectivity index (χ1n) is 10.2. The summed E-state index contributed by atoms with van der Waals surface area (Å²) in [5.74, 6) is 1.13. The first-order valence-corrected chi connectivity index (χ1v) is 10.2. The van der Waals surface area contributed by atoms with Crippen LogP contribution in [0.4, 0.5) is 0 Å². The first-order chi connectivity index (χ1) is 14.2. The summed E-state index contributed by atoms with van der Waals surface area (Å²) in [5, 5.41) is 6.65. The first kappa shape index (κ1) is 23.5. The van der Waals surface area contributed by atoms with Gasteiger partial charge in [-0.15, -0.1) is 24.8 Å². The van der Waals surface area contributed by atoms with Crippen molar-refractivity contribution < 1.29 is 9.53 Å². The highest BCUT2D eigenvalue weighted by atomic mass is 35.5. The molecule has 1 aliphatic carbocycles. The highest BCUT2D eigenvalue weighted by Crippen LogP contribution is 2.34. The maximum absolute atomic E-state index is 12.9. The molecule has 9 heteroatoms. The number of pyridine rings is 1. The van der Waals surface area contributed by atoms with Crippen LogP contribution in [0.15, 0.2) is 48.9 Å². The van der Waals surface area contributed by atoms with Gasteiger partial charge in [-0.3, -0.25) is 9.36 Å². The Balaban J connectivity index is 0.00000136. The summed E-state index contributed by atoms with van der Waals surface area (Å²) in [6.07, 6.45) is 5.35. The Hall–Kier alpha value is -2.19.